The van der Waals surface area contributed by atoms with Crippen LogP contribution < -0.4 is 0 Å². The molecule has 0 bridgehead atoms. The van der Waals surface area contributed by atoms with Crippen molar-refractivity contribution in [1.29, 1.82) is 5.26 Å². The molecule has 13 heavy (non-hydrogen) atoms. The minimum absolute atomic E-state index is 0.0391. The van der Waals surface area contributed by atoms with Crippen LogP contribution in [-0.4, -0.2) is 12.7 Å². The normalized spacial score (nSPS) is 30.8. The number of hydrogen-bond acceptors (Lipinski definition) is 2. The zero-order valence-corrected chi connectivity index (χ0v) is 8.62. The van der Waals surface area contributed by atoms with Crippen molar-refractivity contribution >= 4 is 0 Å². The topological polar surface area (TPSA) is 33.0 Å². The summed E-state index contributed by atoms with van der Waals surface area (Å²) in [6.45, 7) is 4.80. The van der Waals surface area contributed by atoms with Gasteiger partial charge in [0.1, 0.15) is 0 Å². The van der Waals surface area contributed by atoms with Crippen LogP contribution >= 0.6 is 0 Å². The fourth-order valence-corrected chi connectivity index (χ4v) is 1.85. The summed E-state index contributed by atoms with van der Waals surface area (Å²) in [4.78, 5) is 0. The first-order valence-electron chi connectivity index (χ1n) is 5.23. The van der Waals surface area contributed by atoms with Crippen LogP contribution in [0.15, 0.2) is 0 Å². The monoisotopic (exact) mass is 181 g/mol. The quantitative estimate of drug-likeness (QED) is 0.670. The van der Waals surface area contributed by atoms with Crippen molar-refractivity contribution in [1.82, 2.24) is 0 Å². The van der Waals surface area contributed by atoms with E-state index < -0.39 is 0 Å². The molecule has 0 radical (unpaired) electrons. The Balaban J connectivity index is 2.17. The van der Waals surface area contributed by atoms with Gasteiger partial charge in [-0.3, -0.25) is 0 Å². The number of rotatable bonds is 3. The third kappa shape index (κ3) is 3.78. The average Bonchev–Trinajstić information content (AvgIpc) is 2.14. The Hall–Kier alpha value is -0.550. The van der Waals surface area contributed by atoms with Crippen LogP contribution in [0.25, 0.3) is 0 Å². The highest BCUT2D eigenvalue weighted by Gasteiger charge is 2.19. The van der Waals surface area contributed by atoms with Gasteiger partial charge in [0.2, 0.25) is 0 Å². The molecule has 74 valence electrons. The van der Waals surface area contributed by atoms with Gasteiger partial charge in [0, 0.05) is 0 Å². The zero-order chi connectivity index (χ0) is 9.68. The maximum absolute atomic E-state index is 8.59. The summed E-state index contributed by atoms with van der Waals surface area (Å²) >= 11 is 0. The van der Waals surface area contributed by atoms with Gasteiger partial charge >= 0.3 is 0 Å². The van der Waals surface area contributed by atoms with Crippen molar-refractivity contribution in [3.63, 3.8) is 0 Å². The van der Waals surface area contributed by atoms with E-state index in [-0.39, 0.29) is 5.92 Å². The van der Waals surface area contributed by atoms with E-state index in [0.29, 0.717) is 12.7 Å². The van der Waals surface area contributed by atoms with Gasteiger partial charge in [0.15, 0.2) is 0 Å². The minimum Gasteiger partial charge on any atom is -0.377 e. The van der Waals surface area contributed by atoms with Gasteiger partial charge in [0.25, 0.3) is 0 Å². The lowest BCUT2D eigenvalue weighted by Gasteiger charge is -2.27. The fraction of sp³-hybridized carbons (Fsp3) is 0.909. The standard InChI is InChI=1S/C11H19NO/c1-9-4-3-5-11(6-9)13-8-10(2)7-12/h9-11H,3-6,8H2,1-2H3. The molecule has 0 aromatic heterocycles. The molecule has 0 aromatic carbocycles. The largest absolute Gasteiger partial charge is 0.377 e. The van der Waals surface area contributed by atoms with Gasteiger partial charge in [-0.05, 0) is 25.7 Å². The van der Waals surface area contributed by atoms with Crippen LogP contribution in [0, 0.1) is 23.2 Å². The lowest BCUT2D eigenvalue weighted by Crippen LogP contribution is -2.23. The van der Waals surface area contributed by atoms with Gasteiger partial charge in [-0.15, -0.1) is 0 Å². The molecule has 2 heteroatoms. The summed E-state index contributed by atoms with van der Waals surface area (Å²) in [6, 6.07) is 2.19. The van der Waals surface area contributed by atoms with Gasteiger partial charge in [-0.1, -0.05) is 19.8 Å². The molecular formula is C11H19NO. The Labute approximate surface area is 80.9 Å². The Morgan fingerprint density at radius 3 is 2.92 bits per heavy atom. The van der Waals surface area contributed by atoms with Crippen LogP contribution in [-0.2, 0) is 4.74 Å². The molecule has 3 unspecified atom stereocenters. The summed E-state index contributed by atoms with van der Waals surface area (Å²) < 4.78 is 5.68. The zero-order valence-electron chi connectivity index (χ0n) is 8.62. The first-order chi connectivity index (χ1) is 6.22. The highest BCUT2D eigenvalue weighted by molar-refractivity contribution is 4.79. The molecule has 3 atom stereocenters. The van der Waals surface area contributed by atoms with Gasteiger partial charge in [0.05, 0.1) is 24.7 Å². The fourth-order valence-electron chi connectivity index (χ4n) is 1.85. The van der Waals surface area contributed by atoms with Crippen LogP contribution in [0.5, 0.6) is 0 Å². The van der Waals surface area contributed by atoms with Gasteiger partial charge < -0.3 is 4.74 Å². The third-order valence-corrected chi connectivity index (χ3v) is 2.69. The number of ether oxygens (including phenoxy) is 1. The Morgan fingerprint density at radius 2 is 2.31 bits per heavy atom. The first-order valence-corrected chi connectivity index (χ1v) is 5.23. The lowest BCUT2D eigenvalue weighted by atomic mass is 9.89. The van der Waals surface area contributed by atoms with Crippen molar-refractivity contribution < 1.29 is 4.74 Å². The number of hydrogen-bond donors (Lipinski definition) is 0. The van der Waals surface area contributed by atoms with E-state index in [1.54, 1.807) is 0 Å². The molecule has 1 aliphatic carbocycles. The molecule has 2 nitrogen and oxygen atoms in total. The van der Waals surface area contributed by atoms with E-state index in [0.717, 1.165) is 5.92 Å². The van der Waals surface area contributed by atoms with Gasteiger partial charge in [-0.2, -0.15) is 5.26 Å². The van der Waals surface area contributed by atoms with Crippen LogP contribution in [0.3, 0.4) is 0 Å². The first kappa shape index (κ1) is 10.5. The maximum Gasteiger partial charge on any atom is 0.0677 e. The smallest absolute Gasteiger partial charge is 0.0677 e. The highest BCUT2D eigenvalue weighted by atomic mass is 16.5. The van der Waals surface area contributed by atoms with Crippen LogP contribution in [0.4, 0.5) is 0 Å². The van der Waals surface area contributed by atoms with Crippen LogP contribution in [0.2, 0.25) is 0 Å². The number of nitrogens with zero attached hydrogens (tertiary/aromatic N) is 1. The lowest BCUT2D eigenvalue weighted by molar-refractivity contribution is 0.00687. The summed E-state index contributed by atoms with van der Waals surface area (Å²) in [5.74, 6) is 0.841. The molecule has 0 aliphatic heterocycles. The Kier molecular flexibility index (Phi) is 4.24. The molecule has 0 aromatic rings. The van der Waals surface area contributed by atoms with E-state index in [1.165, 1.54) is 25.7 Å². The second-order valence-electron chi connectivity index (χ2n) is 4.26. The SMILES string of the molecule is CC(C#N)COC1CCCC(C)C1. The molecule has 0 heterocycles. The minimum atomic E-state index is 0.0391. The Morgan fingerprint density at radius 1 is 1.54 bits per heavy atom. The van der Waals surface area contributed by atoms with Gasteiger partial charge in [-0.25, -0.2) is 0 Å². The second-order valence-corrected chi connectivity index (χ2v) is 4.26. The number of nitriles is 1. The van der Waals surface area contributed by atoms with Crippen molar-refractivity contribution in [2.45, 2.75) is 45.6 Å². The molecule has 1 rings (SSSR count). The molecule has 1 fully saturated rings. The summed E-state index contributed by atoms with van der Waals surface area (Å²) in [5, 5.41) is 8.59. The van der Waals surface area contributed by atoms with Crippen molar-refractivity contribution in [2.75, 3.05) is 6.61 Å². The van der Waals surface area contributed by atoms with Crippen molar-refractivity contribution in [3.05, 3.63) is 0 Å². The molecule has 0 spiro atoms. The molecule has 0 amide bonds. The molecule has 1 aliphatic rings. The summed E-state index contributed by atoms with van der Waals surface area (Å²) in [6.07, 6.45) is 5.40. The van der Waals surface area contributed by atoms with E-state index in [9.17, 15) is 0 Å². The van der Waals surface area contributed by atoms with E-state index in [1.807, 2.05) is 6.92 Å². The van der Waals surface area contributed by atoms with Crippen molar-refractivity contribution in [3.8, 4) is 6.07 Å². The molecule has 0 saturated heterocycles. The predicted octanol–water partition coefficient (Wildman–Crippen LogP) is 2.74. The Bertz CT molecular complexity index is 185. The maximum atomic E-state index is 8.59. The van der Waals surface area contributed by atoms with E-state index in [2.05, 4.69) is 13.0 Å². The summed E-state index contributed by atoms with van der Waals surface area (Å²) in [5.41, 5.74) is 0. The third-order valence-electron chi connectivity index (χ3n) is 2.69. The van der Waals surface area contributed by atoms with E-state index >= 15 is 0 Å². The molecule has 0 N–H and O–H groups in total. The predicted molar refractivity (Wildman–Crippen MR) is 52.1 cm³/mol. The van der Waals surface area contributed by atoms with Crippen LogP contribution in [0.1, 0.15) is 39.5 Å². The van der Waals surface area contributed by atoms with E-state index in [4.69, 9.17) is 10.00 Å². The average molecular weight is 181 g/mol. The summed E-state index contributed by atoms with van der Waals surface area (Å²) in [7, 11) is 0. The van der Waals surface area contributed by atoms with Crippen molar-refractivity contribution in [2.24, 2.45) is 11.8 Å². The molecule has 1 saturated carbocycles. The second kappa shape index (κ2) is 5.24. The molecular weight excluding hydrogens is 162 g/mol. The highest BCUT2D eigenvalue weighted by Crippen LogP contribution is 2.25.